The van der Waals surface area contributed by atoms with Crippen molar-refractivity contribution in [1.29, 1.82) is 0 Å². The molecule has 0 saturated heterocycles. The molecule has 0 spiro atoms. The molecule has 0 saturated carbocycles. The summed E-state index contributed by atoms with van der Waals surface area (Å²) in [4.78, 5) is 16.4. The van der Waals surface area contributed by atoms with E-state index in [4.69, 9.17) is 4.42 Å². The molecule has 0 aliphatic carbocycles. The van der Waals surface area contributed by atoms with Crippen molar-refractivity contribution in [3.05, 3.63) is 84.8 Å². The van der Waals surface area contributed by atoms with Crippen molar-refractivity contribution in [2.45, 2.75) is 4.90 Å². The molecule has 1 amide bonds. The van der Waals surface area contributed by atoms with Gasteiger partial charge in [-0.15, -0.1) is 0 Å². The Bertz CT molecular complexity index is 1200. The van der Waals surface area contributed by atoms with Gasteiger partial charge in [0, 0.05) is 17.3 Å². The van der Waals surface area contributed by atoms with Crippen LogP contribution in [-0.2, 0) is 10.0 Å². The zero-order valence-corrected chi connectivity index (χ0v) is 15.3. The van der Waals surface area contributed by atoms with Gasteiger partial charge < -0.3 is 9.73 Å². The summed E-state index contributed by atoms with van der Waals surface area (Å²) in [5, 5.41) is 3.52. The highest BCUT2D eigenvalue weighted by Crippen LogP contribution is 2.21. The molecule has 8 heteroatoms. The van der Waals surface area contributed by atoms with E-state index in [0.717, 1.165) is 5.39 Å². The summed E-state index contributed by atoms with van der Waals surface area (Å²) >= 11 is 0. The van der Waals surface area contributed by atoms with Gasteiger partial charge in [0.05, 0.1) is 4.90 Å². The third-order valence-corrected chi connectivity index (χ3v) is 5.35. The molecule has 28 heavy (non-hydrogen) atoms. The topological polar surface area (TPSA) is 101 Å². The van der Waals surface area contributed by atoms with Crippen molar-refractivity contribution < 1.29 is 17.6 Å². The zero-order chi connectivity index (χ0) is 19.6. The van der Waals surface area contributed by atoms with Crippen LogP contribution >= 0.6 is 0 Å². The molecule has 2 N–H and O–H groups in total. The SMILES string of the molecule is O=C(Nc1ccc(S(=O)(=O)Nc2ccccn2)cc1)c1cc2ccccc2o1. The highest BCUT2D eigenvalue weighted by Gasteiger charge is 2.16. The number of para-hydroxylation sites is 1. The molecular formula is C20H15N3O4S. The Kier molecular flexibility index (Phi) is 4.54. The van der Waals surface area contributed by atoms with Crippen LogP contribution in [0.3, 0.4) is 0 Å². The fourth-order valence-electron chi connectivity index (χ4n) is 2.62. The molecule has 7 nitrogen and oxygen atoms in total. The number of sulfonamides is 1. The van der Waals surface area contributed by atoms with Crippen LogP contribution < -0.4 is 10.0 Å². The Morgan fingerprint density at radius 2 is 1.68 bits per heavy atom. The number of anilines is 2. The first-order valence-corrected chi connectivity index (χ1v) is 9.83. The lowest BCUT2D eigenvalue weighted by atomic mass is 10.2. The highest BCUT2D eigenvalue weighted by atomic mass is 32.2. The Morgan fingerprint density at radius 3 is 2.39 bits per heavy atom. The van der Waals surface area contributed by atoms with E-state index < -0.39 is 15.9 Å². The third-order valence-electron chi connectivity index (χ3n) is 3.98. The molecule has 4 aromatic rings. The molecule has 2 heterocycles. The van der Waals surface area contributed by atoms with Gasteiger partial charge in [-0.3, -0.25) is 9.52 Å². The number of nitrogens with one attached hydrogen (secondary N) is 2. The number of fused-ring (bicyclic) bond motifs is 1. The first-order chi connectivity index (χ1) is 13.5. The molecule has 0 aliphatic heterocycles. The summed E-state index contributed by atoms with van der Waals surface area (Å²) in [6, 6.07) is 19.7. The average molecular weight is 393 g/mol. The van der Waals surface area contributed by atoms with E-state index in [1.54, 1.807) is 30.3 Å². The molecule has 0 radical (unpaired) electrons. The lowest BCUT2D eigenvalue weighted by Gasteiger charge is -2.08. The number of furan rings is 1. The summed E-state index contributed by atoms with van der Waals surface area (Å²) in [7, 11) is -3.77. The summed E-state index contributed by atoms with van der Waals surface area (Å²) in [5.41, 5.74) is 1.07. The van der Waals surface area contributed by atoms with Crippen LogP contribution in [0, 0.1) is 0 Å². The molecule has 0 aliphatic rings. The maximum Gasteiger partial charge on any atom is 0.291 e. The van der Waals surface area contributed by atoms with Crippen LogP contribution in [0.4, 0.5) is 11.5 Å². The molecule has 0 unspecified atom stereocenters. The number of pyridine rings is 1. The molecule has 2 aromatic heterocycles. The second-order valence-corrected chi connectivity index (χ2v) is 7.63. The number of hydrogen-bond acceptors (Lipinski definition) is 5. The standard InChI is InChI=1S/C20H15N3O4S/c24-20(18-13-14-5-1-2-6-17(14)27-18)22-15-8-10-16(11-9-15)28(25,26)23-19-7-3-4-12-21-19/h1-13H,(H,21,23)(H,22,24). The van der Waals surface area contributed by atoms with Crippen molar-refractivity contribution in [2.75, 3.05) is 10.0 Å². The highest BCUT2D eigenvalue weighted by molar-refractivity contribution is 7.92. The zero-order valence-electron chi connectivity index (χ0n) is 14.5. The minimum absolute atomic E-state index is 0.0555. The van der Waals surface area contributed by atoms with Crippen molar-refractivity contribution in [2.24, 2.45) is 0 Å². The first-order valence-electron chi connectivity index (χ1n) is 8.35. The molecule has 0 fully saturated rings. The minimum Gasteiger partial charge on any atom is -0.451 e. The van der Waals surface area contributed by atoms with Gasteiger partial charge >= 0.3 is 0 Å². The maximum atomic E-state index is 12.4. The number of aromatic nitrogens is 1. The van der Waals surface area contributed by atoms with Gasteiger partial charge in [-0.05, 0) is 48.5 Å². The van der Waals surface area contributed by atoms with Crippen LogP contribution in [0.15, 0.2) is 88.3 Å². The van der Waals surface area contributed by atoms with E-state index in [0.29, 0.717) is 11.3 Å². The van der Waals surface area contributed by atoms with E-state index in [-0.39, 0.29) is 16.5 Å². The summed E-state index contributed by atoms with van der Waals surface area (Å²) < 4.78 is 32.7. The second kappa shape index (κ2) is 7.16. The van der Waals surface area contributed by atoms with Gasteiger partial charge in [0.25, 0.3) is 15.9 Å². The van der Waals surface area contributed by atoms with Gasteiger partial charge in [-0.1, -0.05) is 24.3 Å². The number of hydrogen-bond donors (Lipinski definition) is 2. The minimum atomic E-state index is -3.77. The monoisotopic (exact) mass is 393 g/mol. The Morgan fingerprint density at radius 1 is 0.929 bits per heavy atom. The predicted molar refractivity (Wildman–Crippen MR) is 106 cm³/mol. The summed E-state index contributed by atoms with van der Waals surface area (Å²) in [5.74, 6) is -0.0158. The van der Waals surface area contributed by atoms with Crippen molar-refractivity contribution in [1.82, 2.24) is 4.98 Å². The summed E-state index contributed by atoms with van der Waals surface area (Å²) in [6.45, 7) is 0. The van der Waals surface area contributed by atoms with Crippen LogP contribution in [0.2, 0.25) is 0 Å². The molecule has 140 valence electrons. The second-order valence-electron chi connectivity index (χ2n) is 5.95. The maximum absolute atomic E-state index is 12.4. The average Bonchev–Trinajstić information content (AvgIpc) is 3.13. The number of carbonyl (C=O) groups excluding carboxylic acids is 1. The molecule has 4 rings (SSSR count). The number of rotatable bonds is 5. The van der Waals surface area contributed by atoms with Gasteiger partial charge in [-0.2, -0.15) is 0 Å². The van der Waals surface area contributed by atoms with E-state index in [1.807, 2.05) is 18.2 Å². The molecule has 0 bridgehead atoms. The van der Waals surface area contributed by atoms with Crippen molar-refractivity contribution in [3.63, 3.8) is 0 Å². The smallest absolute Gasteiger partial charge is 0.291 e. The van der Waals surface area contributed by atoms with Crippen LogP contribution in [0.1, 0.15) is 10.6 Å². The van der Waals surface area contributed by atoms with Crippen LogP contribution in [0.25, 0.3) is 11.0 Å². The number of nitrogens with zero attached hydrogens (tertiary/aromatic N) is 1. The number of carbonyl (C=O) groups is 1. The fourth-order valence-corrected chi connectivity index (χ4v) is 3.63. The van der Waals surface area contributed by atoms with Gasteiger partial charge in [0.2, 0.25) is 0 Å². The van der Waals surface area contributed by atoms with E-state index in [1.165, 1.54) is 30.5 Å². The Labute approximate surface area is 161 Å². The van der Waals surface area contributed by atoms with E-state index in [9.17, 15) is 13.2 Å². The third kappa shape index (κ3) is 3.72. The Balaban J connectivity index is 1.49. The molecule has 2 aromatic carbocycles. The first kappa shape index (κ1) is 17.7. The Hall–Kier alpha value is -3.65. The fraction of sp³-hybridized carbons (Fsp3) is 0. The van der Waals surface area contributed by atoms with Crippen LogP contribution in [-0.4, -0.2) is 19.3 Å². The van der Waals surface area contributed by atoms with Gasteiger partial charge in [0.1, 0.15) is 11.4 Å². The van der Waals surface area contributed by atoms with Crippen molar-refractivity contribution >= 4 is 38.4 Å². The lowest BCUT2D eigenvalue weighted by molar-refractivity contribution is 0.0998. The number of benzene rings is 2. The lowest BCUT2D eigenvalue weighted by Crippen LogP contribution is -2.14. The molecule has 0 atom stereocenters. The number of amides is 1. The largest absolute Gasteiger partial charge is 0.451 e. The van der Waals surface area contributed by atoms with Crippen molar-refractivity contribution in [3.8, 4) is 0 Å². The van der Waals surface area contributed by atoms with Gasteiger partial charge in [-0.25, -0.2) is 13.4 Å². The predicted octanol–water partition coefficient (Wildman–Crippen LogP) is 3.88. The quantitative estimate of drug-likeness (QED) is 0.536. The molecular weight excluding hydrogens is 378 g/mol. The summed E-state index contributed by atoms with van der Waals surface area (Å²) in [6.07, 6.45) is 1.49. The van der Waals surface area contributed by atoms with Crippen LogP contribution in [0.5, 0.6) is 0 Å². The van der Waals surface area contributed by atoms with E-state index in [2.05, 4.69) is 15.0 Å². The normalized spacial score (nSPS) is 11.3. The van der Waals surface area contributed by atoms with Gasteiger partial charge in [0.15, 0.2) is 5.76 Å². The van der Waals surface area contributed by atoms with E-state index >= 15 is 0 Å².